The van der Waals surface area contributed by atoms with Gasteiger partial charge < -0.3 is 16.2 Å². The number of benzene rings is 1. The van der Waals surface area contributed by atoms with Crippen LogP contribution in [-0.2, 0) is 4.79 Å². The van der Waals surface area contributed by atoms with Crippen LogP contribution in [-0.4, -0.2) is 23.0 Å². The Bertz CT molecular complexity index is 552. The summed E-state index contributed by atoms with van der Waals surface area (Å²) in [5.74, 6) is -1.58. The van der Waals surface area contributed by atoms with Crippen molar-refractivity contribution in [2.45, 2.75) is 19.4 Å². The van der Waals surface area contributed by atoms with E-state index in [0.717, 1.165) is 5.56 Å². The first-order valence-electron chi connectivity index (χ1n) is 6.06. The molecule has 0 saturated heterocycles. The van der Waals surface area contributed by atoms with Crippen molar-refractivity contribution < 1.29 is 14.7 Å². The minimum absolute atomic E-state index is 0.0969. The number of hydrogen-bond donors (Lipinski definition) is 3. The monoisotopic (exact) mass is 260 g/mol. The van der Waals surface area contributed by atoms with Gasteiger partial charge in [0.1, 0.15) is 0 Å². The van der Waals surface area contributed by atoms with E-state index < -0.39 is 5.97 Å². The molecule has 19 heavy (non-hydrogen) atoms. The highest BCUT2D eigenvalue weighted by atomic mass is 16.4. The molecular formula is C14H16N2O3. The zero-order valence-corrected chi connectivity index (χ0v) is 10.6. The van der Waals surface area contributed by atoms with E-state index in [0.29, 0.717) is 12.1 Å². The Morgan fingerprint density at radius 1 is 1.37 bits per heavy atom. The molecule has 0 heterocycles. The van der Waals surface area contributed by atoms with Crippen LogP contribution in [0.5, 0.6) is 0 Å². The molecule has 2 unspecified atom stereocenters. The largest absolute Gasteiger partial charge is 0.478 e. The number of amides is 1. The first-order valence-corrected chi connectivity index (χ1v) is 6.06. The molecule has 1 aromatic rings. The third-order valence-electron chi connectivity index (χ3n) is 3.12. The molecule has 0 bridgehead atoms. The second-order valence-electron chi connectivity index (χ2n) is 4.73. The van der Waals surface area contributed by atoms with Crippen LogP contribution in [0, 0.1) is 12.8 Å². The number of aromatic carboxylic acids is 1. The van der Waals surface area contributed by atoms with Gasteiger partial charge >= 0.3 is 5.97 Å². The number of carbonyl (C=O) groups excluding carboxylic acids is 1. The normalized spacial score (nSPS) is 21.4. The number of aryl methyl sites for hydroxylation is 1. The lowest BCUT2D eigenvalue weighted by Crippen LogP contribution is -2.24. The van der Waals surface area contributed by atoms with Gasteiger partial charge in [0, 0.05) is 6.04 Å². The Balaban J connectivity index is 2.17. The number of nitrogens with two attached hydrogens (primary N) is 1. The van der Waals surface area contributed by atoms with E-state index in [-0.39, 0.29) is 23.4 Å². The standard InChI is InChI=1S/C14H16N2O3/c1-8-2-5-12(11(6-8)14(18)19)16-13(17)9-3-4-10(15)7-9/h2-6,9-10H,7,15H2,1H3,(H,16,17)(H,18,19). The van der Waals surface area contributed by atoms with E-state index in [4.69, 9.17) is 10.8 Å². The Labute approximate surface area is 111 Å². The number of carboxylic acid groups (broad SMARTS) is 1. The van der Waals surface area contributed by atoms with E-state index >= 15 is 0 Å². The summed E-state index contributed by atoms with van der Waals surface area (Å²) in [6.45, 7) is 1.80. The lowest BCUT2D eigenvalue weighted by Gasteiger charge is -2.12. The number of carboxylic acids is 1. The summed E-state index contributed by atoms with van der Waals surface area (Å²) in [7, 11) is 0. The second kappa shape index (κ2) is 5.24. The van der Waals surface area contributed by atoms with Crippen molar-refractivity contribution in [3.8, 4) is 0 Å². The molecule has 4 N–H and O–H groups in total. The fourth-order valence-corrected chi connectivity index (χ4v) is 2.09. The van der Waals surface area contributed by atoms with Gasteiger partial charge in [0.15, 0.2) is 0 Å². The molecule has 0 spiro atoms. The molecule has 0 aromatic heterocycles. The number of rotatable bonds is 3. The summed E-state index contributed by atoms with van der Waals surface area (Å²) >= 11 is 0. The van der Waals surface area contributed by atoms with Crippen LogP contribution >= 0.6 is 0 Å². The molecule has 0 fully saturated rings. The molecule has 1 aliphatic rings. The topological polar surface area (TPSA) is 92.4 Å². The fraction of sp³-hybridized carbons (Fsp3) is 0.286. The molecule has 0 radical (unpaired) electrons. The van der Waals surface area contributed by atoms with Crippen molar-refractivity contribution in [3.05, 3.63) is 41.5 Å². The lowest BCUT2D eigenvalue weighted by molar-refractivity contribution is -0.118. The van der Waals surface area contributed by atoms with E-state index in [2.05, 4.69) is 5.32 Å². The Morgan fingerprint density at radius 2 is 2.11 bits per heavy atom. The third-order valence-corrected chi connectivity index (χ3v) is 3.12. The SMILES string of the molecule is Cc1ccc(NC(=O)C2C=CC(N)C2)c(C(=O)O)c1. The highest BCUT2D eigenvalue weighted by Crippen LogP contribution is 2.22. The lowest BCUT2D eigenvalue weighted by atomic mass is 10.1. The summed E-state index contributed by atoms with van der Waals surface area (Å²) in [5.41, 5.74) is 6.94. The molecule has 0 aliphatic heterocycles. The molecule has 100 valence electrons. The summed E-state index contributed by atoms with van der Waals surface area (Å²) in [5, 5.41) is 11.8. The highest BCUT2D eigenvalue weighted by molar-refractivity contribution is 6.01. The summed E-state index contributed by atoms with van der Waals surface area (Å²) in [4.78, 5) is 23.2. The maximum Gasteiger partial charge on any atom is 0.337 e. The fourth-order valence-electron chi connectivity index (χ4n) is 2.09. The van der Waals surface area contributed by atoms with Gasteiger partial charge in [0.2, 0.25) is 5.91 Å². The maximum atomic E-state index is 12.0. The first kappa shape index (κ1) is 13.3. The van der Waals surface area contributed by atoms with Crippen LogP contribution in [0.1, 0.15) is 22.3 Å². The smallest absolute Gasteiger partial charge is 0.337 e. The van der Waals surface area contributed by atoms with Crippen LogP contribution in [0.25, 0.3) is 0 Å². The van der Waals surface area contributed by atoms with Gasteiger partial charge in [-0.1, -0.05) is 23.8 Å². The minimum atomic E-state index is -1.06. The maximum absolute atomic E-state index is 12.0. The number of anilines is 1. The van der Waals surface area contributed by atoms with Crippen LogP contribution < -0.4 is 11.1 Å². The van der Waals surface area contributed by atoms with Gasteiger partial charge in [-0.05, 0) is 25.5 Å². The Hall–Kier alpha value is -2.14. The van der Waals surface area contributed by atoms with Crippen molar-refractivity contribution in [2.75, 3.05) is 5.32 Å². The van der Waals surface area contributed by atoms with Gasteiger partial charge in [-0.25, -0.2) is 4.79 Å². The van der Waals surface area contributed by atoms with Crippen LogP contribution in [0.15, 0.2) is 30.4 Å². The van der Waals surface area contributed by atoms with Crippen molar-refractivity contribution in [1.29, 1.82) is 0 Å². The first-order chi connectivity index (χ1) is 8.97. The molecule has 5 heteroatoms. The van der Waals surface area contributed by atoms with Crippen molar-refractivity contribution in [3.63, 3.8) is 0 Å². The number of hydrogen-bond acceptors (Lipinski definition) is 3. The minimum Gasteiger partial charge on any atom is -0.478 e. The predicted molar refractivity (Wildman–Crippen MR) is 72.0 cm³/mol. The van der Waals surface area contributed by atoms with Crippen molar-refractivity contribution in [1.82, 2.24) is 0 Å². The van der Waals surface area contributed by atoms with E-state index in [1.165, 1.54) is 6.07 Å². The molecule has 2 atom stereocenters. The highest BCUT2D eigenvalue weighted by Gasteiger charge is 2.23. The summed E-state index contributed by atoms with van der Waals surface area (Å²) in [6, 6.07) is 4.80. The van der Waals surface area contributed by atoms with Gasteiger partial charge in [-0.2, -0.15) is 0 Å². The molecule has 1 aliphatic carbocycles. The average molecular weight is 260 g/mol. The van der Waals surface area contributed by atoms with Gasteiger partial charge in [0.05, 0.1) is 17.2 Å². The molecule has 0 saturated carbocycles. The van der Waals surface area contributed by atoms with Crippen molar-refractivity contribution >= 4 is 17.6 Å². The Kier molecular flexibility index (Phi) is 3.66. The second-order valence-corrected chi connectivity index (χ2v) is 4.73. The van der Waals surface area contributed by atoms with Gasteiger partial charge in [-0.3, -0.25) is 4.79 Å². The van der Waals surface area contributed by atoms with E-state index in [9.17, 15) is 9.59 Å². The van der Waals surface area contributed by atoms with Crippen LogP contribution in [0.3, 0.4) is 0 Å². The summed E-state index contributed by atoms with van der Waals surface area (Å²) < 4.78 is 0. The third kappa shape index (κ3) is 3.00. The predicted octanol–water partition coefficient (Wildman–Crippen LogP) is 1.54. The van der Waals surface area contributed by atoms with Gasteiger partial charge in [0.25, 0.3) is 0 Å². The van der Waals surface area contributed by atoms with Crippen LogP contribution in [0.4, 0.5) is 5.69 Å². The average Bonchev–Trinajstić information content (AvgIpc) is 2.78. The summed E-state index contributed by atoms with van der Waals surface area (Å²) in [6.07, 6.45) is 4.10. The van der Waals surface area contributed by atoms with Crippen molar-refractivity contribution in [2.24, 2.45) is 11.7 Å². The quantitative estimate of drug-likeness (QED) is 0.719. The number of carbonyl (C=O) groups is 2. The molecule has 5 nitrogen and oxygen atoms in total. The number of nitrogens with one attached hydrogen (secondary N) is 1. The molecule has 1 aromatic carbocycles. The zero-order valence-electron chi connectivity index (χ0n) is 10.6. The molecule has 2 rings (SSSR count). The molecule has 1 amide bonds. The van der Waals surface area contributed by atoms with Gasteiger partial charge in [-0.15, -0.1) is 0 Å². The molecular weight excluding hydrogens is 244 g/mol. The zero-order chi connectivity index (χ0) is 14.0. The van der Waals surface area contributed by atoms with E-state index in [1.807, 2.05) is 0 Å². The Morgan fingerprint density at radius 3 is 2.68 bits per heavy atom. The van der Waals surface area contributed by atoms with E-state index in [1.54, 1.807) is 31.2 Å². The van der Waals surface area contributed by atoms with Crippen LogP contribution in [0.2, 0.25) is 0 Å².